The van der Waals surface area contributed by atoms with Gasteiger partial charge in [0.15, 0.2) is 11.5 Å². The monoisotopic (exact) mass is 334 g/mol. The van der Waals surface area contributed by atoms with Crippen LogP contribution in [0.2, 0.25) is 0 Å². The molecule has 0 radical (unpaired) electrons. The van der Waals surface area contributed by atoms with Crippen molar-refractivity contribution in [3.63, 3.8) is 0 Å². The van der Waals surface area contributed by atoms with Gasteiger partial charge < -0.3 is 20.8 Å². The predicted molar refractivity (Wildman–Crippen MR) is 94.0 cm³/mol. The van der Waals surface area contributed by atoms with Crippen molar-refractivity contribution >= 4 is 22.9 Å². The molecule has 8 nitrogen and oxygen atoms in total. The standard InChI is InChI=1S/C16H26N6O2/c1-3-10(2)8-18-15-20-13(17)12-14(21-15)22(16(23)19-12)9-11-4-6-24-7-5-11/h10-11H,3-9H2,1-2H3,(H,19,23)(H3,17,18,20,21). The molecule has 0 aromatic carbocycles. The Balaban J connectivity index is 1.88. The van der Waals surface area contributed by atoms with Crippen molar-refractivity contribution < 1.29 is 4.74 Å². The van der Waals surface area contributed by atoms with Gasteiger partial charge in [0.2, 0.25) is 5.95 Å². The van der Waals surface area contributed by atoms with Crippen LogP contribution in [0.1, 0.15) is 33.1 Å². The molecule has 0 spiro atoms. The van der Waals surface area contributed by atoms with E-state index >= 15 is 0 Å². The SMILES string of the molecule is CCC(C)CNc1nc(N)c2[nH]c(=O)n(CC3CCOCC3)c2n1. The first-order valence-corrected chi connectivity index (χ1v) is 8.66. The minimum absolute atomic E-state index is 0.184. The molecule has 2 aromatic heterocycles. The van der Waals surface area contributed by atoms with E-state index in [1.54, 1.807) is 4.57 Å². The lowest BCUT2D eigenvalue weighted by Gasteiger charge is -2.22. The van der Waals surface area contributed by atoms with Crippen molar-refractivity contribution in [3.8, 4) is 0 Å². The number of aromatic nitrogens is 4. The molecule has 24 heavy (non-hydrogen) atoms. The fourth-order valence-electron chi connectivity index (χ4n) is 2.90. The highest BCUT2D eigenvalue weighted by molar-refractivity contribution is 5.82. The summed E-state index contributed by atoms with van der Waals surface area (Å²) in [4.78, 5) is 23.9. The van der Waals surface area contributed by atoms with Gasteiger partial charge in [-0.25, -0.2) is 4.79 Å². The number of nitrogens with zero attached hydrogens (tertiary/aromatic N) is 3. The molecule has 1 aliphatic heterocycles. The van der Waals surface area contributed by atoms with Gasteiger partial charge >= 0.3 is 5.69 Å². The van der Waals surface area contributed by atoms with Gasteiger partial charge in [-0.05, 0) is 24.7 Å². The number of imidazole rings is 1. The van der Waals surface area contributed by atoms with Crippen molar-refractivity contribution in [1.82, 2.24) is 19.5 Å². The first kappa shape index (κ1) is 16.8. The lowest BCUT2D eigenvalue weighted by atomic mass is 10.0. The summed E-state index contributed by atoms with van der Waals surface area (Å²) in [6.07, 6.45) is 2.99. The topological polar surface area (TPSA) is 111 Å². The van der Waals surface area contributed by atoms with E-state index in [4.69, 9.17) is 10.5 Å². The molecule has 132 valence electrons. The Morgan fingerprint density at radius 1 is 1.42 bits per heavy atom. The van der Waals surface area contributed by atoms with Crippen LogP contribution in [-0.2, 0) is 11.3 Å². The Labute approximate surface area is 140 Å². The van der Waals surface area contributed by atoms with E-state index in [9.17, 15) is 4.79 Å². The molecule has 0 aliphatic carbocycles. The largest absolute Gasteiger partial charge is 0.382 e. The Kier molecular flexibility index (Phi) is 5.03. The summed E-state index contributed by atoms with van der Waals surface area (Å²) in [5, 5.41) is 3.22. The molecule has 1 unspecified atom stereocenters. The number of hydrogen-bond acceptors (Lipinski definition) is 6. The van der Waals surface area contributed by atoms with Crippen molar-refractivity contribution in [2.24, 2.45) is 11.8 Å². The molecular formula is C16H26N6O2. The van der Waals surface area contributed by atoms with Crippen molar-refractivity contribution in [3.05, 3.63) is 10.5 Å². The second kappa shape index (κ2) is 7.21. The number of H-pyrrole nitrogens is 1. The number of anilines is 2. The molecule has 1 saturated heterocycles. The first-order chi connectivity index (χ1) is 11.6. The zero-order valence-electron chi connectivity index (χ0n) is 14.3. The van der Waals surface area contributed by atoms with Gasteiger partial charge in [-0.2, -0.15) is 9.97 Å². The van der Waals surface area contributed by atoms with E-state index in [-0.39, 0.29) is 5.69 Å². The third-order valence-electron chi connectivity index (χ3n) is 4.74. The maximum absolute atomic E-state index is 12.3. The molecule has 0 saturated carbocycles. The third-order valence-corrected chi connectivity index (χ3v) is 4.74. The fourth-order valence-corrected chi connectivity index (χ4v) is 2.90. The van der Waals surface area contributed by atoms with E-state index in [2.05, 4.69) is 34.1 Å². The third kappa shape index (κ3) is 3.53. The van der Waals surface area contributed by atoms with Crippen molar-refractivity contribution in [1.29, 1.82) is 0 Å². The minimum atomic E-state index is -0.184. The number of fused-ring (bicyclic) bond motifs is 1. The van der Waals surface area contributed by atoms with Crippen LogP contribution in [0.4, 0.5) is 11.8 Å². The zero-order chi connectivity index (χ0) is 17.1. The number of aromatic amines is 1. The van der Waals surface area contributed by atoms with Crippen molar-refractivity contribution in [2.45, 2.75) is 39.7 Å². The molecule has 1 aliphatic rings. The summed E-state index contributed by atoms with van der Waals surface area (Å²) in [6, 6.07) is 0. The quantitative estimate of drug-likeness (QED) is 0.740. The van der Waals surface area contributed by atoms with Gasteiger partial charge in [0.05, 0.1) is 0 Å². The molecule has 2 aromatic rings. The molecule has 0 bridgehead atoms. The van der Waals surface area contributed by atoms with Gasteiger partial charge in [-0.3, -0.25) is 4.57 Å². The van der Waals surface area contributed by atoms with Crippen LogP contribution < -0.4 is 16.7 Å². The predicted octanol–water partition coefficient (Wildman–Crippen LogP) is 1.59. The Bertz CT molecular complexity index is 747. The average molecular weight is 334 g/mol. The number of ether oxygens (including phenoxy) is 1. The van der Waals surface area contributed by atoms with Crippen LogP contribution in [0.3, 0.4) is 0 Å². The number of rotatable bonds is 6. The zero-order valence-corrected chi connectivity index (χ0v) is 14.3. The summed E-state index contributed by atoms with van der Waals surface area (Å²) in [5.74, 6) is 1.71. The van der Waals surface area contributed by atoms with Crippen LogP contribution in [0, 0.1) is 11.8 Å². The van der Waals surface area contributed by atoms with E-state index < -0.39 is 0 Å². The fraction of sp³-hybridized carbons (Fsp3) is 0.688. The summed E-state index contributed by atoms with van der Waals surface area (Å²) in [7, 11) is 0. The van der Waals surface area contributed by atoms with Crippen LogP contribution >= 0.6 is 0 Å². The number of nitrogens with one attached hydrogen (secondary N) is 2. The minimum Gasteiger partial charge on any atom is -0.382 e. The van der Waals surface area contributed by atoms with Crippen LogP contribution in [0.25, 0.3) is 11.2 Å². The number of nitrogens with two attached hydrogens (primary N) is 1. The molecule has 4 N–H and O–H groups in total. The molecule has 0 amide bonds. The molecular weight excluding hydrogens is 308 g/mol. The van der Waals surface area contributed by atoms with Crippen molar-refractivity contribution in [2.75, 3.05) is 30.8 Å². The van der Waals surface area contributed by atoms with Gasteiger partial charge in [0.1, 0.15) is 5.52 Å². The summed E-state index contributed by atoms with van der Waals surface area (Å²) < 4.78 is 7.07. The molecule has 8 heteroatoms. The smallest absolute Gasteiger partial charge is 0.327 e. The number of hydrogen-bond donors (Lipinski definition) is 3. The second-order valence-corrected chi connectivity index (χ2v) is 6.62. The second-order valence-electron chi connectivity index (χ2n) is 6.62. The highest BCUT2D eigenvalue weighted by atomic mass is 16.5. The van der Waals surface area contributed by atoms with Gasteiger partial charge in [0.25, 0.3) is 0 Å². The first-order valence-electron chi connectivity index (χ1n) is 8.66. The average Bonchev–Trinajstić information content (AvgIpc) is 2.90. The van der Waals surface area contributed by atoms with E-state index in [1.165, 1.54) is 0 Å². The number of nitrogen functional groups attached to an aromatic ring is 1. The van der Waals surface area contributed by atoms with Crippen LogP contribution in [0.15, 0.2) is 4.79 Å². The molecule has 1 atom stereocenters. The summed E-state index contributed by atoms with van der Waals surface area (Å²) >= 11 is 0. The van der Waals surface area contributed by atoms with Gasteiger partial charge in [-0.1, -0.05) is 20.3 Å². The summed E-state index contributed by atoms with van der Waals surface area (Å²) in [5.41, 5.74) is 6.92. The highest BCUT2D eigenvalue weighted by Crippen LogP contribution is 2.21. The van der Waals surface area contributed by atoms with Gasteiger partial charge in [-0.15, -0.1) is 0 Å². The lowest BCUT2D eigenvalue weighted by molar-refractivity contribution is 0.0613. The molecule has 3 rings (SSSR count). The Morgan fingerprint density at radius 2 is 2.17 bits per heavy atom. The van der Waals surface area contributed by atoms with Gasteiger partial charge in [0, 0.05) is 26.3 Å². The molecule has 1 fully saturated rings. The van der Waals surface area contributed by atoms with E-state index in [0.29, 0.717) is 41.3 Å². The maximum atomic E-state index is 12.3. The lowest BCUT2D eigenvalue weighted by Crippen LogP contribution is -2.26. The Morgan fingerprint density at radius 3 is 2.88 bits per heavy atom. The van der Waals surface area contributed by atoms with E-state index in [0.717, 1.165) is 39.0 Å². The normalized spacial score (nSPS) is 17.2. The highest BCUT2D eigenvalue weighted by Gasteiger charge is 2.19. The van der Waals surface area contributed by atoms with E-state index in [1.807, 2.05) is 0 Å². The molecule has 3 heterocycles. The van der Waals surface area contributed by atoms with Crippen LogP contribution in [0.5, 0.6) is 0 Å². The maximum Gasteiger partial charge on any atom is 0.327 e. The summed E-state index contributed by atoms with van der Waals surface area (Å²) in [6.45, 7) is 7.20. The Hall–Kier alpha value is -2.09. The van der Waals surface area contributed by atoms with Crippen LogP contribution in [-0.4, -0.2) is 39.3 Å².